The van der Waals surface area contributed by atoms with Crippen LogP contribution in [0.1, 0.15) is 37.1 Å². The van der Waals surface area contributed by atoms with Gasteiger partial charge in [0, 0.05) is 35.1 Å². The fraction of sp³-hybridized carbons (Fsp3) is 0.320. The summed E-state index contributed by atoms with van der Waals surface area (Å²) in [6.45, 7) is 4.52. The van der Waals surface area contributed by atoms with E-state index in [1.807, 2.05) is 38.1 Å². The number of carboxylic acid groups (broad SMARTS) is 1. The molecular weight excluding hydrogens is 425 g/mol. The molecule has 0 spiro atoms. The van der Waals surface area contributed by atoms with E-state index in [0.29, 0.717) is 6.54 Å². The number of fused-ring (bicyclic) bond motifs is 4. The molecule has 1 saturated heterocycles. The maximum Gasteiger partial charge on any atom is 0.327 e. The van der Waals surface area contributed by atoms with Gasteiger partial charge in [0.15, 0.2) is 0 Å². The van der Waals surface area contributed by atoms with Crippen LogP contribution >= 0.6 is 0 Å². The maximum absolute atomic E-state index is 13.4. The summed E-state index contributed by atoms with van der Waals surface area (Å²) in [5, 5.41) is 10.1. The van der Waals surface area contributed by atoms with Crippen molar-refractivity contribution in [2.75, 3.05) is 6.54 Å². The molecule has 1 atom stereocenters. The van der Waals surface area contributed by atoms with Crippen LogP contribution in [0, 0.1) is 5.82 Å². The van der Waals surface area contributed by atoms with Crippen LogP contribution in [0.5, 0.6) is 0 Å². The van der Waals surface area contributed by atoms with Crippen LogP contribution in [-0.2, 0) is 28.1 Å². The zero-order valence-electron chi connectivity index (χ0n) is 18.4. The van der Waals surface area contributed by atoms with Gasteiger partial charge < -0.3 is 14.6 Å². The zero-order valence-corrected chi connectivity index (χ0v) is 18.4. The minimum Gasteiger partial charge on any atom is -0.481 e. The fourth-order valence-corrected chi connectivity index (χ4v) is 5.40. The minimum absolute atomic E-state index is 0.142. The summed E-state index contributed by atoms with van der Waals surface area (Å²) in [5.41, 5.74) is 3.17. The Kier molecular flexibility index (Phi) is 4.77. The Balaban J connectivity index is 1.63. The molecule has 0 radical (unpaired) electrons. The lowest BCUT2D eigenvalue weighted by Gasteiger charge is -2.41. The molecule has 1 aromatic heterocycles. The number of carbonyl (C=O) groups is 3. The van der Waals surface area contributed by atoms with Gasteiger partial charge in [-0.1, -0.05) is 44.2 Å². The Morgan fingerprint density at radius 1 is 1.12 bits per heavy atom. The van der Waals surface area contributed by atoms with Crippen molar-refractivity contribution in [1.82, 2.24) is 14.4 Å². The number of aliphatic carboxylic acids is 1. The van der Waals surface area contributed by atoms with E-state index in [9.17, 15) is 18.8 Å². The Morgan fingerprint density at radius 2 is 1.82 bits per heavy atom. The van der Waals surface area contributed by atoms with E-state index < -0.39 is 23.5 Å². The van der Waals surface area contributed by atoms with Crippen molar-refractivity contribution in [1.29, 1.82) is 0 Å². The highest BCUT2D eigenvalue weighted by Gasteiger charge is 2.56. The number of para-hydroxylation sites is 1. The van der Waals surface area contributed by atoms with Gasteiger partial charge in [0.1, 0.15) is 11.9 Å². The number of carbonyl (C=O) groups excluding carboxylic acids is 2. The maximum atomic E-state index is 13.4. The van der Waals surface area contributed by atoms with Crippen LogP contribution in [0.15, 0.2) is 48.5 Å². The molecule has 1 N–H and O–H groups in total. The van der Waals surface area contributed by atoms with Crippen molar-refractivity contribution in [3.63, 3.8) is 0 Å². The second-order valence-corrected chi connectivity index (χ2v) is 9.22. The van der Waals surface area contributed by atoms with E-state index in [4.69, 9.17) is 5.11 Å². The molecule has 0 bridgehead atoms. The van der Waals surface area contributed by atoms with E-state index in [0.717, 1.165) is 32.6 Å². The molecular formula is C25H24FN3O4. The van der Waals surface area contributed by atoms with Crippen LogP contribution in [0.2, 0.25) is 0 Å². The lowest BCUT2D eigenvalue weighted by molar-refractivity contribution is -0.137. The number of hydrogen-bond donors (Lipinski definition) is 1. The molecule has 0 saturated carbocycles. The van der Waals surface area contributed by atoms with Crippen molar-refractivity contribution in [3.05, 3.63) is 71.2 Å². The van der Waals surface area contributed by atoms with Gasteiger partial charge in [-0.3, -0.25) is 14.5 Å². The van der Waals surface area contributed by atoms with Crippen molar-refractivity contribution in [3.8, 4) is 0 Å². The SMILES string of the molecule is CC1(C)c2c(n(Cc3ccc(F)cc3)c3ccccc23)CN2C(=O)N(CCC(=O)O)C(=O)C21. The summed E-state index contributed by atoms with van der Waals surface area (Å²) >= 11 is 0. The number of imide groups is 1. The number of urea groups is 1. The zero-order chi connectivity index (χ0) is 23.5. The lowest BCUT2D eigenvalue weighted by atomic mass is 9.73. The Bertz CT molecular complexity index is 1290. The van der Waals surface area contributed by atoms with E-state index in [1.165, 1.54) is 12.1 Å². The molecule has 3 amide bonds. The molecule has 33 heavy (non-hydrogen) atoms. The predicted molar refractivity (Wildman–Crippen MR) is 119 cm³/mol. The summed E-state index contributed by atoms with van der Waals surface area (Å²) in [7, 11) is 0. The molecule has 170 valence electrons. The summed E-state index contributed by atoms with van der Waals surface area (Å²) in [4.78, 5) is 40.1. The number of rotatable bonds is 5. The molecule has 5 rings (SSSR count). The third-order valence-electron chi connectivity index (χ3n) is 6.82. The third-order valence-corrected chi connectivity index (χ3v) is 6.82. The molecule has 3 heterocycles. The van der Waals surface area contributed by atoms with Gasteiger partial charge in [0.25, 0.3) is 5.91 Å². The molecule has 2 aromatic carbocycles. The van der Waals surface area contributed by atoms with E-state index in [2.05, 4.69) is 4.57 Å². The molecule has 2 aliphatic heterocycles. The van der Waals surface area contributed by atoms with Gasteiger partial charge in [-0.2, -0.15) is 0 Å². The van der Waals surface area contributed by atoms with Crippen molar-refractivity contribution in [2.24, 2.45) is 0 Å². The van der Waals surface area contributed by atoms with Gasteiger partial charge in [0.2, 0.25) is 0 Å². The average Bonchev–Trinajstić information content (AvgIpc) is 3.21. The number of benzene rings is 2. The Hall–Kier alpha value is -3.68. The summed E-state index contributed by atoms with van der Waals surface area (Å²) in [6, 6.07) is 13.1. The molecule has 0 aliphatic carbocycles. The molecule has 1 unspecified atom stereocenters. The highest BCUT2D eigenvalue weighted by molar-refractivity contribution is 6.06. The highest BCUT2D eigenvalue weighted by Crippen LogP contribution is 2.46. The monoisotopic (exact) mass is 449 g/mol. The van der Waals surface area contributed by atoms with Gasteiger partial charge in [-0.05, 0) is 29.3 Å². The lowest BCUT2D eigenvalue weighted by Crippen LogP contribution is -2.52. The van der Waals surface area contributed by atoms with Crippen LogP contribution < -0.4 is 0 Å². The van der Waals surface area contributed by atoms with E-state index in [1.54, 1.807) is 17.0 Å². The number of nitrogens with zero attached hydrogens (tertiary/aromatic N) is 3. The standard InChI is InChI=1S/C25H24FN3O4/c1-25(2)21-17-5-3-4-6-18(17)28(13-15-7-9-16(26)10-8-15)19(21)14-29-22(25)23(32)27(24(29)33)12-11-20(30)31/h3-10,22H,11-14H2,1-2H3,(H,30,31). The quantitative estimate of drug-likeness (QED) is 0.602. The normalized spacial score (nSPS) is 19.2. The molecule has 1 fully saturated rings. The first-order chi connectivity index (χ1) is 15.7. The molecule has 7 nitrogen and oxygen atoms in total. The molecule has 2 aliphatic rings. The summed E-state index contributed by atoms with van der Waals surface area (Å²) < 4.78 is 15.6. The number of aromatic nitrogens is 1. The first kappa shape index (κ1) is 21.2. The van der Waals surface area contributed by atoms with Gasteiger partial charge in [-0.15, -0.1) is 0 Å². The summed E-state index contributed by atoms with van der Waals surface area (Å²) in [5.74, 6) is -1.71. The van der Waals surface area contributed by atoms with Crippen molar-refractivity contribution < 1.29 is 23.9 Å². The number of hydrogen-bond acceptors (Lipinski definition) is 3. The fourth-order valence-electron chi connectivity index (χ4n) is 5.40. The van der Waals surface area contributed by atoms with Crippen LogP contribution in [0.25, 0.3) is 10.9 Å². The number of carboxylic acids is 1. The summed E-state index contributed by atoms with van der Waals surface area (Å²) in [6.07, 6.45) is -0.287. The Morgan fingerprint density at radius 3 is 2.52 bits per heavy atom. The number of amides is 3. The minimum atomic E-state index is -1.06. The smallest absolute Gasteiger partial charge is 0.327 e. The van der Waals surface area contributed by atoms with Crippen molar-refractivity contribution >= 4 is 28.8 Å². The average molecular weight is 449 g/mol. The van der Waals surface area contributed by atoms with E-state index in [-0.39, 0.29) is 31.2 Å². The highest BCUT2D eigenvalue weighted by atomic mass is 19.1. The van der Waals surface area contributed by atoms with Crippen molar-refractivity contribution in [2.45, 2.75) is 44.8 Å². The van der Waals surface area contributed by atoms with Gasteiger partial charge in [0.05, 0.1) is 13.0 Å². The predicted octanol–water partition coefficient (Wildman–Crippen LogP) is 3.73. The molecule has 8 heteroatoms. The van der Waals surface area contributed by atoms with Crippen LogP contribution in [-0.4, -0.2) is 50.0 Å². The first-order valence-electron chi connectivity index (χ1n) is 10.9. The topological polar surface area (TPSA) is 82.8 Å². The van der Waals surface area contributed by atoms with E-state index >= 15 is 0 Å². The number of halogens is 1. The van der Waals surface area contributed by atoms with Gasteiger partial charge >= 0.3 is 12.0 Å². The van der Waals surface area contributed by atoms with Crippen LogP contribution in [0.3, 0.4) is 0 Å². The molecule has 3 aromatic rings. The second-order valence-electron chi connectivity index (χ2n) is 9.22. The third kappa shape index (κ3) is 3.20. The van der Waals surface area contributed by atoms with Crippen LogP contribution in [0.4, 0.5) is 9.18 Å². The Labute approximate surface area is 190 Å². The second kappa shape index (κ2) is 7.43. The first-order valence-corrected chi connectivity index (χ1v) is 10.9. The van der Waals surface area contributed by atoms with Gasteiger partial charge in [-0.25, -0.2) is 9.18 Å². The largest absolute Gasteiger partial charge is 0.481 e.